The van der Waals surface area contributed by atoms with E-state index in [2.05, 4.69) is 23.6 Å². The molecule has 3 nitrogen and oxygen atoms in total. The minimum Gasteiger partial charge on any atom is -0.465 e. The van der Waals surface area contributed by atoms with E-state index in [1.807, 2.05) is 6.07 Å². The van der Waals surface area contributed by atoms with E-state index in [-0.39, 0.29) is 5.97 Å². The highest BCUT2D eigenvalue weighted by Gasteiger charge is 2.06. The lowest BCUT2D eigenvalue weighted by atomic mass is 10.1. The molecule has 0 N–H and O–H groups in total. The molecule has 0 bridgehead atoms. The molecule has 0 saturated heterocycles. The molecule has 1 heterocycles. The molecule has 0 fully saturated rings. The third-order valence-electron chi connectivity index (χ3n) is 1.80. The summed E-state index contributed by atoms with van der Waals surface area (Å²) >= 11 is 0. The maximum atomic E-state index is 11.0. The second-order valence-electron chi connectivity index (χ2n) is 3.12. The Morgan fingerprint density at radius 1 is 1.46 bits per heavy atom. The van der Waals surface area contributed by atoms with Gasteiger partial charge >= 0.3 is 5.97 Å². The molecule has 13 heavy (non-hydrogen) atoms. The maximum Gasteiger partial charge on any atom is 0.339 e. The fourth-order valence-corrected chi connectivity index (χ4v) is 0.985. The number of aromatic nitrogens is 1. The van der Waals surface area contributed by atoms with Crippen molar-refractivity contribution in [1.82, 2.24) is 4.98 Å². The highest BCUT2D eigenvalue weighted by molar-refractivity contribution is 5.88. The van der Waals surface area contributed by atoms with E-state index in [9.17, 15) is 4.79 Å². The summed E-state index contributed by atoms with van der Waals surface area (Å²) < 4.78 is 4.56. The van der Waals surface area contributed by atoms with E-state index in [0.29, 0.717) is 11.5 Å². The fourth-order valence-electron chi connectivity index (χ4n) is 0.985. The molecule has 1 rings (SSSR count). The van der Waals surface area contributed by atoms with Gasteiger partial charge in [-0.2, -0.15) is 0 Å². The van der Waals surface area contributed by atoms with Gasteiger partial charge in [-0.3, -0.25) is 4.98 Å². The summed E-state index contributed by atoms with van der Waals surface area (Å²) in [5.74, 6) is 0.0366. The lowest BCUT2D eigenvalue weighted by Crippen LogP contribution is -2.02. The Labute approximate surface area is 77.8 Å². The Morgan fingerprint density at radius 2 is 2.15 bits per heavy atom. The van der Waals surface area contributed by atoms with Gasteiger partial charge in [-0.15, -0.1) is 0 Å². The van der Waals surface area contributed by atoms with Crippen molar-refractivity contribution in [3.8, 4) is 0 Å². The van der Waals surface area contributed by atoms with Gasteiger partial charge in [-0.25, -0.2) is 4.79 Å². The van der Waals surface area contributed by atoms with Crippen LogP contribution in [0.4, 0.5) is 0 Å². The molecule has 0 aliphatic carbocycles. The standard InChI is InChI=1S/C10H13NO2/c1-7(2)9-5-4-8(6-11-9)10(12)13-3/h4-7H,1-3H3. The second kappa shape index (κ2) is 4.03. The van der Waals surface area contributed by atoms with Crippen molar-refractivity contribution in [2.45, 2.75) is 19.8 Å². The van der Waals surface area contributed by atoms with Gasteiger partial charge in [-0.1, -0.05) is 13.8 Å². The normalized spacial score (nSPS) is 10.2. The van der Waals surface area contributed by atoms with Gasteiger partial charge in [0, 0.05) is 11.9 Å². The van der Waals surface area contributed by atoms with Crippen molar-refractivity contribution in [2.24, 2.45) is 0 Å². The fraction of sp³-hybridized carbons (Fsp3) is 0.400. The summed E-state index contributed by atoms with van der Waals surface area (Å²) in [5.41, 5.74) is 1.47. The number of pyridine rings is 1. The lowest BCUT2D eigenvalue weighted by Gasteiger charge is -2.04. The largest absolute Gasteiger partial charge is 0.465 e. The van der Waals surface area contributed by atoms with Crippen LogP contribution in [0.2, 0.25) is 0 Å². The number of methoxy groups -OCH3 is 1. The van der Waals surface area contributed by atoms with Crippen LogP contribution in [-0.2, 0) is 4.74 Å². The molecule has 0 saturated carbocycles. The van der Waals surface area contributed by atoms with Crippen molar-refractivity contribution >= 4 is 5.97 Å². The van der Waals surface area contributed by atoms with Crippen molar-refractivity contribution < 1.29 is 9.53 Å². The average Bonchev–Trinajstić information content (AvgIpc) is 2.17. The second-order valence-corrected chi connectivity index (χ2v) is 3.12. The third kappa shape index (κ3) is 2.28. The number of hydrogen-bond acceptors (Lipinski definition) is 3. The topological polar surface area (TPSA) is 39.2 Å². The van der Waals surface area contributed by atoms with Crippen LogP contribution in [0.15, 0.2) is 18.3 Å². The van der Waals surface area contributed by atoms with Crippen molar-refractivity contribution in [3.63, 3.8) is 0 Å². The van der Waals surface area contributed by atoms with Crippen LogP contribution in [0.5, 0.6) is 0 Å². The van der Waals surface area contributed by atoms with Crippen LogP contribution in [0.3, 0.4) is 0 Å². The molecule has 0 aliphatic heterocycles. The van der Waals surface area contributed by atoms with Crippen LogP contribution in [0, 0.1) is 0 Å². The van der Waals surface area contributed by atoms with Crippen LogP contribution < -0.4 is 0 Å². The quantitative estimate of drug-likeness (QED) is 0.652. The predicted octanol–water partition coefficient (Wildman–Crippen LogP) is 1.99. The summed E-state index contributed by atoms with van der Waals surface area (Å²) in [6.07, 6.45) is 1.54. The molecule has 0 aromatic carbocycles. The lowest BCUT2D eigenvalue weighted by molar-refractivity contribution is 0.0600. The summed E-state index contributed by atoms with van der Waals surface area (Å²) in [7, 11) is 1.36. The van der Waals surface area contributed by atoms with Gasteiger partial charge in [0.15, 0.2) is 0 Å². The highest BCUT2D eigenvalue weighted by Crippen LogP contribution is 2.11. The maximum absolute atomic E-state index is 11.0. The summed E-state index contributed by atoms with van der Waals surface area (Å²) in [6, 6.07) is 3.57. The first-order chi connectivity index (χ1) is 6.15. The number of carbonyl (C=O) groups is 1. The third-order valence-corrected chi connectivity index (χ3v) is 1.80. The van der Waals surface area contributed by atoms with Crippen LogP contribution in [-0.4, -0.2) is 18.1 Å². The number of ether oxygens (including phenoxy) is 1. The van der Waals surface area contributed by atoms with Gasteiger partial charge in [0.25, 0.3) is 0 Å². The van der Waals surface area contributed by atoms with Crippen LogP contribution in [0.1, 0.15) is 35.8 Å². The minimum atomic E-state index is -0.345. The minimum absolute atomic E-state index is 0.345. The first kappa shape index (κ1) is 9.71. The number of esters is 1. The molecule has 0 spiro atoms. The number of carbonyl (C=O) groups excluding carboxylic acids is 1. The first-order valence-corrected chi connectivity index (χ1v) is 4.19. The Bertz CT molecular complexity index is 290. The Morgan fingerprint density at radius 3 is 2.54 bits per heavy atom. The molecule has 0 atom stereocenters. The van der Waals surface area contributed by atoms with Crippen molar-refractivity contribution in [3.05, 3.63) is 29.6 Å². The Hall–Kier alpha value is -1.38. The summed E-state index contributed by atoms with van der Waals surface area (Å²) in [6.45, 7) is 4.11. The zero-order valence-electron chi connectivity index (χ0n) is 8.07. The molecule has 0 amide bonds. The molecule has 0 unspecified atom stereocenters. The molecule has 3 heteroatoms. The SMILES string of the molecule is COC(=O)c1ccc(C(C)C)nc1. The average molecular weight is 179 g/mol. The molecule has 0 radical (unpaired) electrons. The van der Waals surface area contributed by atoms with Gasteiger partial charge < -0.3 is 4.74 Å². The van der Waals surface area contributed by atoms with E-state index < -0.39 is 0 Å². The smallest absolute Gasteiger partial charge is 0.339 e. The zero-order valence-corrected chi connectivity index (χ0v) is 8.07. The van der Waals surface area contributed by atoms with Crippen LogP contribution in [0.25, 0.3) is 0 Å². The molecular weight excluding hydrogens is 166 g/mol. The van der Waals surface area contributed by atoms with Crippen LogP contribution >= 0.6 is 0 Å². The zero-order chi connectivity index (χ0) is 9.84. The molecule has 0 aliphatic rings. The molecular formula is C10H13NO2. The van der Waals surface area contributed by atoms with Crippen molar-refractivity contribution in [1.29, 1.82) is 0 Å². The Balaban J connectivity index is 2.87. The summed E-state index contributed by atoms with van der Waals surface area (Å²) in [4.78, 5) is 15.2. The summed E-state index contributed by atoms with van der Waals surface area (Å²) in [5, 5.41) is 0. The molecule has 70 valence electrons. The number of rotatable bonds is 2. The molecule has 1 aromatic heterocycles. The molecule has 1 aromatic rings. The van der Waals surface area contributed by atoms with E-state index in [1.54, 1.807) is 12.3 Å². The number of nitrogens with zero attached hydrogens (tertiary/aromatic N) is 1. The van der Waals surface area contributed by atoms with Gasteiger partial charge in [-0.05, 0) is 18.1 Å². The van der Waals surface area contributed by atoms with E-state index in [1.165, 1.54) is 7.11 Å². The van der Waals surface area contributed by atoms with E-state index in [4.69, 9.17) is 0 Å². The monoisotopic (exact) mass is 179 g/mol. The van der Waals surface area contributed by atoms with Gasteiger partial charge in [0.2, 0.25) is 0 Å². The van der Waals surface area contributed by atoms with E-state index >= 15 is 0 Å². The number of hydrogen-bond donors (Lipinski definition) is 0. The predicted molar refractivity (Wildman–Crippen MR) is 49.7 cm³/mol. The first-order valence-electron chi connectivity index (χ1n) is 4.19. The van der Waals surface area contributed by atoms with E-state index in [0.717, 1.165) is 5.69 Å². The van der Waals surface area contributed by atoms with Gasteiger partial charge in [0.05, 0.1) is 12.7 Å². The van der Waals surface area contributed by atoms with Gasteiger partial charge in [0.1, 0.15) is 0 Å². The van der Waals surface area contributed by atoms with Crippen molar-refractivity contribution in [2.75, 3.05) is 7.11 Å². The highest BCUT2D eigenvalue weighted by atomic mass is 16.5. The Kier molecular flexibility index (Phi) is 3.01.